The number of nitrogens with one attached hydrogen (secondary N) is 1. The molecule has 0 saturated carbocycles. The molecule has 3 rings (SSSR count). The average molecular weight is 314 g/mol. The molecule has 0 aliphatic rings. The van der Waals surface area contributed by atoms with Gasteiger partial charge in [-0.3, -0.25) is 4.79 Å². The second kappa shape index (κ2) is 5.65. The van der Waals surface area contributed by atoms with Crippen LogP contribution < -0.4 is 15.0 Å². The van der Waals surface area contributed by atoms with Crippen molar-refractivity contribution in [2.75, 3.05) is 14.2 Å². The fourth-order valence-electron chi connectivity index (χ4n) is 2.35. The van der Waals surface area contributed by atoms with E-state index in [1.54, 1.807) is 38.5 Å². The lowest BCUT2D eigenvalue weighted by atomic mass is 10.2. The van der Waals surface area contributed by atoms with Gasteiger partial charge >= 0.3 is 0 Å². The van der Waals surface area contributed by atoms with Crippen molar-refractivity contribution in [3.63, 3.8) is 0 Å². The maximum Gasteiger partial charge on any atom is 0.266 e. The zero-order valence-corrected chi connectivity index (χ0v) is 12.9. The summed E-state index contributed by atoms with van der Waals surface area (Å²) < 4.78 is 12.3. The number of nitrogens with zero attached hydrogens (tertiary/aromatic N) is 1. The van der Waals surface area contributed by atoms with Gasteiger partial charge in [-0.05, 0) is 36.5 Å². The van der Waals surface area contributed by atoms with E-state index in [-0.39, 0.29) is 5.56 Å². The predicted molar refractivity (Wildman–Crippen MR) is 87.8 cm³/mol. The molecule has 0 spiro atoms. The van der Waals surface area contributed by atoms with Crippen molar-refractivity contribution in [1.82, 2.24) is 9.55 Å². The SMILES string of the molecule is COc1ccc(OC)c(-n2c(=S)[nH]c3ccccc3c2=O)c1. The summed E-state index contributed by atoms with van der Waals surface area (Å²) in [6.07, 6.45) is 0. The number of para-hydroxylation sites is 1. The molecule has 1 N–H and O–H groups in total. The van der Waals surface area contributed by atoms with E-state index in [1.807, 2.05) is 18.2 Å². The highest BCUT2D eigenvalue weighted by Crippen LogP contribution is 2.27. The molecule has 0 atom stereocenters. The largest absolute Gasteiger partial charge is 0.497 e. The molecule has 0 unspecified atom stereocenters. The summed E-state index contributed by atoms with van der Waals surface area (Å²) in [4.78, 5) is 15.9. The Balaban J connectivity index is 2.40. The number of H-pyrrole nitrogens is 1. The minimum absolute atomic E-state index is 0.203. The Morgan fingerprint density at radius 3 is 2.59 bits per heavy atom. The summed E-state index contributed by atoms with van der Waals surface area (Å²) in [5, 5.41) is 0.556. The van der Waals surface area contributed by atoms with Gasteiger partial charge in [-0.2, -0.15) is 0 Å². The second-order valence-corrected chi connectivity index (χ2v) is 5.04. The molecule has 112 valence electrons. The molecule has 6 heteroatoms. The molecular formula is C16H14N2O3S. The standard InChI is InChI=1S/C16H14N2O3S/c1-20-10-7-8-14(21-2)13(9-10)18-15(19)11-5-3-4-6-12(11)17-16(18)22/h3-9H,1-2H3,(H,17,22). The van der Waals surface area contributed by atoms with E-state index in [4.69, 9.17) is 21.7 Å². The summed E-state index contributed by atoms with van der Waals surface area (Å²) in [6.45, 7) is 0. The van der Waals surface area contributed by atoms with Crippen LogP contribution in [0.15, 0.2) is 47.3 Å². The van der Waals surface area contributed by atoms with Crippen LogP contribution in [0.25, 0.3) is 16.6 Å². The van der Waals surface area contributed by atoms with Crippen LogP contribution in [0.2, 0.25) is 0 Å². The second-order valence-electron chi connectivity index (χ2n) is 4.65. The van der Waals surface area contributed by atoms with E-state index >= 15 is 0 Å². The van der Waals surface area contributed by atoms with Crippen LogP contribution >= 0.6 is 12.2 Å². The Morgan fingerprint density at radius 2 is 1.86 bits per heavy atom. The van der Waals surface area contributed by atoms with Crippen LogP contribution in [0, 0.1) is 4.77 Å². The molecule has 0 fully saturated rings. The summed E-state index contributed by atoms with van der Waals surface area (Å²) in [7, 11) is 3.11. The Hall–Kier alpha value is -2.60. The van der Waals surface area contributed by atoms with Gasteiger partial charge in [0, 0.05) is 6.07 Å². The maximum absolute atomic E-state index is 12.8. The van der Waals surface area contributed by atoms with Crippen LogP contribution in [0.1, 0.15) is 0 Å². The van der Waals surface area contributed by atoms with Crippen LogP contribution in [-0.4, -0.2) is 23.8 Å². The van der Waals surface area contributed by atoms with Gasteiger partial charge in [0.15, 0.2) is 4.77 Å². The fraction of sp³-hybridized carbons (Fsp3) is 0.125. The number of aromatic nitrogens is 2. The summed E-state index contributed by atoms with van der Waals surface area (Å²) >= 11 is 5.35. The molecule has 0 saturated heterocycles. The molecule has 0 radical (unpaired) electrons. The highest BCUT2D eigenvalue weighted by molar-refractivity contribution is 7.71. The van der Waals surface area contributed by atoms with Crippen molar-refractivity contribution < 1.29 is 9.47 Å². The van der Waals surface area contributed by atoms with E-state index in [1.165, 1.54) is 4.57 Å². The van der Waals surface area contributed by atoms with Gasteiger partial charge in [-0.1, -0.05) is 12.1 Å². The van der Waals surface area contributed by atoms with Gasteiger partial charge in [0.25, 0.3) is 5.56 Å². The van der Waals surface area contributed by atoms with E-state index in [2.05, 4.69) is 4.98 Å². The number of aromatic amines is 1. The smallest absolute Gasteiger partial charge is 0.266 e. The first-order chi connectivity index (χ1) is 10.7. The van der Waals surface area contributed by atoms with Crippen molar-refractivity contribution in [1.29, 1.82) is 0 Å². The van der Waals surface area contributed by atoms with Gasteiger partial charge in [0.2, 0.25) is 0 Å². The predicted octanol–water partition coefficient (Wildman–Crippen LogP) is 3.07. The van der Waals surface area contributed by atoms with Crippen molar-refractivity contribution >= 4 is 23.1 Å². The van der Waals surface area contributed by atoms with E-state index in [0.29, 0.717) is 32.9 Å². The van der Waals surface area contributed by atoms with E-state index in [9.17, 15) is 4.79 Å². The Kier molecular flexibility index (Phi) is 3.68. The lowest BCUT2D eigenvalue weighted by Gasteiger charge is -2.13. The molecule has 1 heterocycles. The Morgan fingerprint density at radius 1 is 1.09 bits per heavy atom. The monoisotopic (exact) mass is 314 g/mol. The number of methoxy groups -OCH3 is 2. The van der Waals surface area contributed by atoms with Gasteiger partial charge in [-0.15, -0.1) is 0 Å². The first-order valence-electron chi connectivity index (χ1n) is 6.62. The molecule has 0 aliphatic heterocycles. The number of hydrogen-bond acceptors (Lipinski definition) is 4. The van der Waals surface area contributed by atoms with Gasteiger partial charge in [-0.25, -0.2) is 4.57 Å². The normalized spacial score (nSPS) is 10.6. The number of ether oxygens (including phenoxy) is 2. The van der Waals surface area contributed by atoms with Crippen molar-refractivity contribution in [2.24, 2.45) is 0 Å². The zero-order valence-electron chi connectivity index (χ0n) is 12.1. The molecule has 3 aromatic rings. The van der Waals surface area contributed by atoms with E-state index < -0.39 is 0 Å². The average Bonchev–Trinajstić information content (AvgIpc) is 2.54. The molecule has 0 bridgehead atoms. The van der Waals surface area contributed by atoms with Crippen molar-refractivity contribution in [3.8, 4) is 17.2 Å². The highest BCUT2D eigenvalue weighted by Gasteiger charge is 2.12. The summed E-state index contributed by atoms with van der Waals surface area (Å²) in [6, 6.07) is 12.5. The van der Waals surface area contributed by atoms with Gasteiger partial charge in [0.05, 0.1) is 30.8 Å². The van der Waals surface area contributed by atoms with E-state index in [0.717, 1.165) is 0 Å². The van der Waals surface area contributed by atoms with Crippen molar-refractivity contribution in [3.05, 3.63) is 57.6 Å². The maximum atomic E-state index is 12.8. The molecule has 1 aromatic heterocycles. The lowest BCUT2D eigenvalue weighted by molar-refractivity contribution is 0.401. The number of benzene rings is 2. The first kappa shape index (κ1) is 14.3. The summed E-state index contributed by atoms with van der Waals surface area (Å²) in [5.41, 5.74) is 1.04. The molecular weight excluding hydrogens is 300 g/mol. The van der Waals surface area contributed by atoms with Gasteiger partial charge in [0.1, 0.15) is 11.5 Å². The third-order valence-electron chi connectivity index (χ3n) is 3.43. The molecule has 5 nitrogen and oxygen atoms in total. The minimum Gasteiger partial charge on any atom is -0.497 e. The Labute approximate surface area is 131 Å². The van der Waals surface area contributed by atoms with Crippen LogP contribution in [0.5, 0.6) is 11.5 Å². The van der Waals surface area contributed by atoms with Crippen LogP contribution in [0.4, 0.5) is 0 Å². The number of rotatable bonds is 3. The topological polar surface area (TPSA) is 56.2 Å². The minimum atomic E-state index is -0.203. The van der Waals surface area contributed by atoms with Crippen LogP contribution in [0.3, 0.4) is 0 Å². The molecule has 22 heavy (non-hydrogen) atoms. The number of hydrogen-bond donors (Lipinski definition) is 1. The molecule has 0 aliphatic carbocycles. The quantitative estimate of drug-likeness (QED) is 0.755. The van der Waals surface area contributed by atoms with Crippen molar-refractivity contribution in [2.45, 2.75) is 0 Å². The van der Waals surface area contributed by atoms with Gasteiger partial charge < -0.3 is 14.5 Å². The fourth-order valence-corrected chi connectivity index (χ4v) is 2.64. The number of fused-ring (bicyclic) bond motifs is 1. The molecule has 2 aromatic carbocycles. The van der Waals surface area contributed by atoms with Crippen LogP contribution in [-0.2, 0) is 0 Å². The third-order valence-corrected chi connectivity index (χ3v) is 3.72. The third kappa shape index (κ3) is 2.27. The zero-order chi connectivity index (χ0) is 15.7. The lowest BCUT2D eigenvalue weighted by Crippen LogP contribution is -2.21. The Bertz CT molecular complexity index is 959. The molecule has 0 amide bonds. The highest BCUT2D eigenvalue weighted by atomic mass is 32.1. The summed E-state index contributed by atoms with van der Waals surface area (Å²) in [5.74, 6) is 1.16. The first-order valence-corrected chi connectivity index (χ1v) is 7.03.